The molecule has 0 saturated heterocycles. The lowest BCUT2D eigenvalue weighted by atomic mass is 10.0. The highest BCUT2D eigenvalue weighted by Crippen LogP contribution is 2.32. The number of benzene rings is 1. The molecule has 1 N–H and O–H groups in total. The lowest BCUT2D eigenvalue weighted by molar-refractivity contribution is 0.0769. The zero-order valence-electron chi connectivity index (χ0n) is 16.7. The summed E-state index contributed by atoms with van der Waals surface area (Å²) in [6.07, 6.45) is -1.93. The first-order valence-electron chi connectivity index (χ1n) is 9.19. The normalized spacial score (nSPS) is 14.3. The number of nitrogens with zero attached hydrogens (tertiary/aromatic N) is 2. The molecule has 2 aromatic rings. The van der Waals surface area contributed by atoms with Gasteiger partial charge in [0, 0.05) is 25.2 Å². The van der Waals surface area contributed by atoms with Gasteiger partial charge < -0.3 is 14.4 Å². The van der Waals surface area contributed by atoms with Gasteiger partial charge in [-0.25, -0.2) is 21.6 Å². The van der Waals surface area contributed by atoms with E-state index in [0.29, 0.717) is 24.9 Å². The Hall–Kier alpha value is -3.02. The van der Waals surface area contributed by atoms with Crippen LogP contribution in [-0.4, -0.2) is 57.9 Å². The van der Waals surface area contributed by atoms with E-state index in [2.05, 4.69) is 14.4 Å². The van der Waals surface area contributed by atoms with Crippen molar-refractivity contribution < 1.29 is 35.9 Å². The average Bonchev–Trinajstić information content (AvgIpc) is 2.85. The lowest BCUT2D eigenvalue weighted by Crippen LogP contribution is -2.26. The Bertz CT molecular complexity index is 1100. The van der Waals surface area contributed by atoms with Crippen molar-refractivity contribution >= 4 is 21.6 Å². The van der Waals surface area contributed by atoms with Crippen LogP contribution >= 0.6 is 0 Å². The molecule has 0 bridgehead atoms. The van der Waals surface area contributed by atoms with Gasteiger partial charge in [-0.05, 0) is 30.5 Å². The van der Waals surface area contributed by atoms with Crippen molar-refractivity contribution in [3.63, 3.8) is 0 Å². The summed E-state index contributed by atoms with van der Waals surface area (Å²) < 4.78 is 76.8. The number of methoxy groups -OCH3 is 1. The van der Waals surface area contributed by atoms with Gasteiger partial charge >= 0.3 is 0 Å². The lowest BCUT2D eigenvalue weighted by Gasteiger charge is -2.17. The number of hydrogen-bond donors (Lipinski definition) is 1. The van der Waals surface area contributed by atoms with Crippen LogP contribution < -0.4 is 14.2 Å². The van der Waals surface area contributed by atoms with Gasteiger partial charge in [-0.2, -0.15) is 4.98 Å². The van der Waals surface area contributed by atoms with Gasteiger partial charge in [0.1, 0.15) is 5.69 Å². The Morgan fingerprint density at radius 2 is 2.03 bits per heavy atom. The number of nitrogens with one attached hydrogen (secondary N) is 1. The third-order valence-corrected chi connectivity index (χ3v) is 6.06. The first kappa shape index (κ1) is 22.7. The van der Waals surface area contributed by atoms with Gasteiger partial charge in [-0.3, -0.25) is 9.52 Å². The van der Waals surface area contributed by atoms with Crippen molar-refractivity contribution in [2.24, 2.45) is 0 Å². The molecule has 1 aromatic carbocycles. The molecule has 0 radical (unpaired) electrons. The smallest absolute Gasteiger partial charge is 0.272 e. The maximum atomic E-state index is 14.2. The van der Waals surface area contributed by atoms with E-state index in [1.807, 2.05) is 0 Å². The highest BCUT2D eigenvalue weighted by atomic mass is 32.2. The number of anilines is 1. The molecular formula is C19H20F3N3O5S. The molecule has 0 fully saturated rings. The SMILES string of the molecule is COc1nc(OCC(F)F)c(F)cc1NS(=O)(=O)c1cccc2c1CCCN(C)C2=O. The number of amides is 1. The predicted molar refractivity (Wildman–Crippen MR) is 105 cm³/mol. The molecule has 0 unspecified atom stereocenters. The van der Waals surface area contributed by atoms with Gasteiger partial charge in [0.05, 0.1) is 12.0 Å². The van der Waals surface area contributed by atoms with Crippen molar-refractivity contribution in [2.75, 3.05) is 32.0 Å². The Balaban J connectivity index is 1.98. The third kappa shape index (κ3) is 4.84. The summed E-state index contributed by atoms with van der Waals surface area (Å²) in [5.41, 5.74) is 0.280. The summed E-state index contributed by atoms with van der Waals surface area (Å²) in [5, 5.41) is 0. The van der Waals surface area contributed by atoms with Crippen molar-refractivity contribution in [3.8, 4) is 11.8 Å². The average molecular weight is 459 g/mol. The highest BCUT2D eigenvalue weighted by Gasteiger charge is 2.28. The van der Waals surface area contributed by atoms with Gasteiger partial charge in [-0.1, -0.05) is 6.07 Å². The summed E-state index contributed by atoms with van der Waals surface area (Å²) in [6.45, 7) is -0.611. The molecule has 8 nitrogen and oxygen atoms in total. The molecule has 0 aliphatic carbocycles. The van der Waals surface area contributed by atoms with Crippen molar-refractivity contribution in [1.29, 1.82) is 0 Å². The minimum Gasteiger partial charge on any atom is -0.479 e. The molecule has 12 heteroatoms. The summed E-state index contributed by atoms with van der Waals surface area (Å²) in [5.74, 6) is -2.56. The van der Waals surface area contributed by atoms with E-state index in [1.54, 1.807) is 13.1 Å². The van der Waals surface area contributed by atoms with E-state index in [1.165, 1.54) is 17.0 Å². The number of hydrogen-bond acceptors (Lipinski definition) is 6. The molecule has 31 heavy (non-hydrogen) atoms. The number of ether oxygens (including phenoxy) is 2. The fraction of sp³-hybridized carbons (Fsp3) is 0.368. The second-order valence-electron chi connectivity index (χ2n) is 6.75. The van der Waals surface area contributed by atoms with Gasteiger partial charge in [0.25, 0.3) is 28.2 Å². The molecule has 2 heterocycles. The highest BCUT2D eigenvalue weighted by molar-refractivity contribution is 7.92. The zero-order chi connectivity index (χ0) is 22.8. The number of halogens is 3. The minimum atomic E-state index is -4.27. The summed E-state index contributed by atoms with van der Waals surface area (Å²) in [6, 6.07) is 5.07. The van der Waals surface area contributed by atoms with Crippen LogP contribution in [0.5, 0.6) is 11.8 Å². The van der Waals surface area contributed by atoms with Crippen LogP contribution in [0.15, 0.2) is 29.2 Å². The number of pyridine rings is 1. The minimum absolute atomic E-state index is 0.130. The van der Waals surface area contributed by atoms with E-state index in [-0.39, 0.29) is 27.9 Å². The fourth-order valence-electron chi connectivity index (χ4n) is 3.20. The Morgan fingerprint density at radius 3 is 2.71 bits per heavy atom. The first-order chi connectivity index (χ1) is 14.6. The van der Waals surface area contributed by atoms with Crippen LogP contribution in [0.3, 0.4) is 0 Å². The molecule has 1 aliphatic heterocycles. The molecule has 1 amide bonds. The van der Waals surface area contributed by atoms with Gasteiger partial charge in [-0.15, -0.1) is 0 Å². The first-order valence-corrected chi connectivity index (χ1v) is 10.7. The van der Waals surface area contributed by atoms with Crippen LogP contribution in [0.4, 0.5) is 18.9 Å². The van der Waals surface area contributed by atoms with Crippen LogP contribution in [0, 0.1) is 5.82 Å². The van der Waals surface area contributed by atoms with Crippen molar-refractivity contribution in [3.05, 3.63) is 41.2 Å². The molecule has 168 valence electrons. The second kappa shape index (κ2) is 9.00. The molecule has 1 aliphatic rings. The predicted octanol–water partition coefficient (Wildman–Crippen LogP) is 2.69. The third-order valence-electron chi connectivity index (χ3n) is 4.61. The molecule has 0 saturated carbocycles. The van der Waals surface area contributed by atoms with Crippen LogP contribution in [0.2, 0.25) is 0 Å². The van der Waals surface area contributed by atoms with Gasteiger partial charge in [0.15, 0.2) is 12.4 Å². The summed E-state index contributed by atoms with van der Waals surface area (Å²) in [4.78, 5) is 17.5. The quantitative estimate of drug-likeness (QED) is 0.684. The molecule has 0 spiro atoms. The number of rotatable bonds is 7. The number of carbonyl (C=O) groups excluding carboxylic acids is 1. The van der Waals surface area contributed by atoms with Gasteiger partial charge in [0.2, 0.25) is 5.88 Å². The summed E-state index contributed by atoms with van der Waals surface area (Å²) >= 11 is 0. The number of sulfonamides is 1. The van der Waals surface area contributed by atoms with E-state index >= 15 is 0 Å². The van der Waals surface area contributed by atoms with Crippen LogP contribution in [0.25, 0.3) is 0 Å². The maximum absolute atomic E-state index is 14.2. The zero-order valence-corrected chi connectivity index (χ0v) is 17.5. The molecular weight excluding hydrogens is 439 g/mol. The monoisotopic (exact) mass is 459 g/mol. The number of fused-ring (bicyclic) bond motifs is 1. The number of aromatic nitrogens is 1. The van der Waals surface area contributed by atoms with Crippen molar-refractivity contribution in [1.82, 2.24) is 9.88 Å². The fourth-order valence-corrected chi connectivity index (χ4v) is 4.54. The van der Waals surface area contributed by atoms with Crippen molar-refractivity contribution in [2.45, 2.75) is 24.2 Å². The Morgan fingerprint density at radius 1 is 1.29 bits per heavy atom. The topological polar surface area (TPSA) is 97.8 Å². The largest absolute Gasteiger partial charge is 0.479 e. The molecule has 0 atom stereocenters. The number of alkyl halides is 2. The standard InChI is InChI=1S/C19H20F3N3O5S/c1-25-8-4-6-11-12(19(25)26)5-3-7-15(11)31(27,28)24-14-9-13(20)17(23-18(14)29-2)30-10-16(21)22/h3,5,7,9,16,24H,4,6,8,10H2,1-2H3. The van der Waals surface area contributed by atoms with E-state index < -0.39 is 34.8 Å². The second-order valence-corrected chi connectivity index (χ2v) is 8.40. The van der Waals surface area contributed by atoms with E-state index in [9.17, 15) is 26.4 Å². The molecule has 3 rings (SSSR count). The Labute approximate surface area is 177 Å². The van der Waals surface area contributed by atoms with Crippen LogP contribution in [0.1, 0.15) is 22.3 Å². The van der Waals surface area contributed by atoms with E-state index in [0.717, 1.165) is 13.2 Å². The molecule has 1 aromatic heterocycles. The van der Waals surface area contributed by atoms with Crippen LogP contribution in [-0.2, 0) is 16.4 Å². The summed E-state index contributed by atoms with van der Waals surface area (Å²) in [7, 11) is -1.48. The number of carbonyl (C=O) groups is 1. The Kier molecular flexibility index (Phi) is 6.58. The van der Waals surface area contributed by atoms with E-state index in [4.69, 9.17) is 4.74 Å². The maximum Gasteiger partial charge on any atom is 0.272 e.